The Hall–Kier alpha value is -2.69. The number of hydrogen-bond acceptors (Lipinski definition) is 8. The van der Waals surface area contributed by atoms with Crippen LogP contribution in [0.15, 0.2) is 30.5 Å². The zero-order valence-corrected chi connectivity index (χ0v) is 17.2. The van der Waals surface area contributed by atoms with E-state index >= 15 is 0 Å². The summed E-state index contributed by atoms with van der Waals surface area (Å²) in [5, 5.41) is 16.1. The zero-order valence-electron chi connectivity index (χ0n) is 16.4. The predicted molar refractivity (Wildman–Crippen MR) is 110 cm³/mol. The molecule has 0 saturated carbocycles. The summed E-state index contributed by atoms with van der Waals surface area (Å²) < 4.78 is 11.0. The Balaban J connectivity index is 1.60. The topological polar surface area (TPSA) is 136 Å². The van der Waals surface area contributed by atoms with E-state index < -0.39 is 12.0 Å². The first-order valence-corrected chi connectivity index (χ1v) is 9.97. The van der Waals surface area contributed by atoms with Crippen molar-refractivity contribution in [1.29, 1.82) is 0 Å². The van der Waals surface area contributed by atoms with E-state index in [0.29, 0.717) is 41.1 Å². The fraction of sp³-hybridized carbons (Fsp3) is 0.421. The number of primary amides is 1. The normalized spacial score (nSPS) is 11.9. The number of hydrogen-bond donors (Lipinski definition) is 4. The Bertz CT molecular complexity index is 794. The third kappa shape index (κ3) is 8.06. The lowest BCUT2D eigenvalue weighted by Gasteiger charge is -2.12. The maximum absolute atomic E-state index is 11.9. The Morgan fingerprint density at radius 2 is 1.97 bits per heavy atom. The molecule has 0 aliphatic carbocycles. The van der Waals surface area contributed by atoms with Crippen molar-refractivity contribution in [1.82, 2.24) is 15.6 Å². The van der Waals surface area contributed by atoms with E-state index in [1.165, 1.54) is 6.20 Å². The highest BCUT2D eigenvalue weighted by molar-refractivity contribution is 7.15. The number of nitrogens with two attached hydrogens (primary N) is 1. The van der Waals surface area contributed by atoms with E-state index in [9.17, 15) is 14.7 Å². The number of benzene rings is 1. The van der Waals surface area contributed by atoms with Crippen molar-refractivity contribution in [3.8, 4) is 10.9 Å². The first kappa shape index (κ1) is 22.6. The summed E-state index contributed by atoms with van der Waals surface area (Å²) in [6.07, 6.45) is 0.719. The van der Waals surface area contributed by atoms with Crippen molar-refractivity contribution in [2.45, 2.75) is 26.0 Å². The van der Waals surface area contributed by atoms with Gasteiger partial charge in [-0.05, 0) is 38.1 Å². The molecule has 29 heavy (non-hydrogen) atoms. The molecule has 1 atom stereocenters. The lowest BCUT2D eigenvalue weighted by atomic mass is 10.2. The Kier molecular flexibility index (Phi) is 8.84. The summed E-state index contributed by atoms with van der Waals surface area (Å²) in [6.45, 7) is 5.04. The van der Waals surface area contributed by atoms with Gasteiger partial charge in [-0.15, -0.1) is 0 Å². The number of amides is 2. The second-order valence-corrected chi connectivity index (χ2v) is 7.52. The van der Waals surface area contributed by atoms with Crippen LogP contribution in [0.3, 0.4) is 0 Å². The molecule has 9 nitrogen and oxygen atoms in total. The molecule has 1 aromatic carbocycles. The smallest absolute Gasteiger partial charge is 0.273 e. The van der Waals surface area contributed by atoms with Crippen molar-refractivity contribution < 1.29 is 24.2 Å². The van der Waals surface area contributed by atoms with E-state index in [-0.39, 0.29) is 18.6 Å². The Morgan fingerprint density at radius 1 is 1.24 bits per heavy atom. The van der Waals surface area contributed by atoms with Crippen LogP contribution in [-0.4, -0.2) is 60.4 Å². The fourth-order valence-electron chi connectivity index (χ4n) is 2.21. The van der Waals surface area contributed by atoms with E-state index in [4.69, 9.17) is 15.2 Å². The van der Waals surface area contributed by atoms with Crippen LogP contribution < -0.4 is 25.8 Å². The van der Waals surface area contributed by atoms with Crippen molar-refractivity contribution >= 4 is 23.2 Å². The van der Waals surface area contributed by atoms with Crippen molar-refractivity contribution in [2.24, 2.45) is 5.73 Å². The van der Waals surface area contributed by atoms with Crippen LogP contribution >= 0.6 is 11.3 Å². The standard InChI is InChI=1S/C19H26N4O5S/c1-12(2)23-18(26)16-10-22-19(29-16)28-11-14(24)9-21-7-8-27-15-5-3-13(4-6-15)17(20)25/h3-6,10,12,14,21,24H,7-9,11H2,1-2H3,(H2,20,25)(H,23,26). The number of carbonyl (C=O) groups is 2. The quantitative estimate of drug-likeness (QED) is 0.371. The molecule has 1 unspecified atom stereocenters. The summed E-state index contributed by atoms with van der Waals surface area (Å²) in [6, 6.07) is 6.59. The highest BCUT2D eigenvalue weighted by Gasteiger charge is 2.13. The molecule has 0 aliphatic rings. The molecule has 0 aliphatic heterocycles. The molecule has 5 N–H and O–H groups in total. The van der Waals surface area contributed by atoms with Crippen LogP contribution in [0.5, 0.6) is 10.9 Å². The first-order valence-electron chi connectivity index (χ1n) is 9.16. The molecule has 2 aromatic rings. The van der Waals surface area contributed by atoms with Crippen LogP contribution in [0.2, 0.25) is 0 Å². The zero-order chi connectivity index (χ0) is 21.2. The molecule has 0 saturated heterocycles. The molecular weight excluding hydrogens is 396 g/mol. The number of rotatable bonds is 12. The largest absolute Gasteiger partial charge is 0.492 e. The number of carbonyl (C=O) groups excluding carboxylic acids is 2. The Morgan fingerprint density at radius 3 is 2.62 bits per heavy atom. The molecule has 1 heterocycles. The molecule has 158 valence electrons. The monoisotopic (exact) mass is 422 g/mol. The predicted octanol–water partition coefficient (Wildman–Crippen LogP) is 0.789. The third-order valence-corrected chi connectivity index (χ3v) is 4.50. The summed E-state index contributed by atoms with van der Waals surface area (Å²) >= 11 is 1.13. The summed E-state index contributed by atoms with van der Waals surface area (Å²) in [5.41, 5.74) is 5.60. The van der Waals surface area contributed by atoms with Crippen molar-refractivity contribution in [2.75, 3.05) is 26.3 Å². The van der Waals surface area contributed by atoms with Crippen LogP contribution in [0, 0.1) is 0 Å². The molecule has 0 spiro atoms. The lowest BCUT2D eigenvalue weighted by Crippen LogP contribution is -2.33. The molecular formula is C19H26N4O5S. The first-order chi connectivity index (χ1) is 13.8. The van der Waals surface area contributed by atoms with Crippen LogP contribution in [0.25, 0.3) is 0 Å². The van der Waals surface area contributed by atoms with Gasteiger partial charge in [0, 0.05) is 24.7 Å². The molecule has 2 amide bonds. The second-order valence-electron chi connectivity index (χ2n) is 6.52. The number of aromatic nitrogens is 1. The highest BCUT2D eigenvalue weighted by atomic mass is 32.1. The molecule has 0 bridgehead atoms. The van der Waals surface area contributed by atoms with Crippen LogP contribution in [0.4, 0.5) is 0 Å². The van der Waals surface area contributed by atoms with E-state index in [1.807, 2.05) is 13.8 Å². The van der Waals surface area contributed by atoms with Gasteiger partial charge in [-0.25, -0.2) is 4.98 Å². The number of aliphatic hydroxyl groups excluding tert-OH is 1. The minimum absolute atomic E-state index is 0.0420. The molecule has 0 radical (unpaired) electrons. The van der Waals surface area contributed by atoms with Crippen molar-refractivity contribution in [3.63, 3.8) is 0 Å². The van der Waals surface area contributed by atoms with Crippen molar-refractivity contribution in [3.05, 3.63) is 40.9 Å². The maximum atomic E-state index is 11.9. The van der Waals surface area contributed by atoms with Gasteiger partial charge in [0.1, 0.15) is 29.9 Å². The van der Waals surface area contributed by atoms with Gasteiger partial charge < -0.3 is 30.9 Å². The number of ether oxygens (including phenoxy) is 2. The average molecular weight is 423 g/mol. The minimum atomic E-state index is -0.735. The fourth-order valence-corrected chi connectivity index (χ4v) is 2.89. The maximum Gasteiger partial charge on any atom is 0.273 e. The average Bonchev–Trinajstić information content (AvgIpc) is 3.15. The molecule has 0 fully saturated rings. The van der Waals surface area contributed by atoms with E-state index in [2.05, 4.69) is 15.6 Å². The van der Waals surface area contributed by atoms with Gasteiger partial charge in [-0.1, -0.05) is 11.3 Å². The molecule has 10 heteroatoms. The highest BCUT2D eigenvalue weighted by Crippen LogP contribution is 2.20. The van der Waals surface area contributed by atoms with Gasteiger partial charge in [0.25, 0.3) is 11.1 Å². The van der Waals surface area contributed by atoms with Crippen LogP contribution in [-0.2, 0) is 0 Å². The van der Waals surface area contributed by atoms with Gasteiger partial charge >= 0.3 is 0 Å². The summed E-state index contributed by atoms with van der Waals surface area (Å²) in [5.74, 6) is -0.0530. The minimum Gasteiger partial charge on any atom is -0.492 e. The lowest BCUT2D eigenvalue weighted by molar-refractivity contribution is 0.0945. The number of aliphatic hydroxyl groups is 1. The summed E-state index contributed by atoms with van der Waals surface area (Å²) in [7, 11) is 0. The number of nitrogens with one attached hydrogen (secondary N) is 2. The molecule has 2 rings (SSSR count). The van der Waals surface area contributed by atoms with Gasteiger partial charge in [0.05, 0.1) is 6.20 Å². The van der Waals surface area contributed by atoms with E-state index in [1.54, 1.807) is 24.3 Å². The van der Waals surface area contributed by atoms with Gasteiger partial charge in [-0.3, -0.25) is 9.59 Å². The number of nitrogens with zero attached hydrogens (tertiary/aromatic N) is 1. The van der Waals surface area contributed by atoms with Gasteiger partial charge in [-0.2, -0.15) is 0 Å². The van der Waals surface area contributed by atoms with Gasteiger partial charge in [0.15, 0.2) is 0 Å². The third-order valence-electron chi connectivity index (χ3n) is 3.59. The SMILES string of the molecule is CC(C)NC(=O)c1cnc(OCC(O)CNCCOc2ccc(C(N)=O)cc2)s1. The van der Waals surface area contributed by atoms with E-state index in [0.717, 1.165) is 11.3 Å². The second kappa shape index (κ2) is 11.3. The number of thiazole rings is 1. The molecule has 1 aromatic heterocycles. The van der Waals surface area contributed by atoms with Crippen LogP contribution in [0.1, 0.15) is 33.9 Å². The Labute approximate surface area is 173 Å². The summed E-state index contributed by atoms with van der Waals surface area (Å²) in [4.78, 5) is 27.4. The van der Waals surface area contributed by atoms with Gasteiger partial charge in [0.2, 0.25) is 5.91 Å².